The number of aliphatic hydroxyl groups is 5. The Morgan fingerprint density at radius 2 is 1.30 bits per heavy atom. The third-order valence-corrected chi connectivity index (χ3v) is 10.1. The Kier molecular flexibility index (Phi) is 16.3. The monoisotopic (exact) mass is 868 g/mol. The van der Waals surface area contributed by atoms with E-state index in [9.17, 15) is 55.2 Å². The molecule has 21 heteroatoms. The predicted molar refractivity (Wildman–Crippen MR) is 202 cm³/mol. The Bertz CT molecular complexity index is 1840. The molecule has 3 saturated heterocycles. The molecule has 338 valence electrons. The lowest BCUT2D eigenvalue weighted by atomic mass is 9.96. The highest BCUT2D eigenvalue weighted by Gasteiger charge is 2.55. The van der Waals surface area contributed by atoms with Crippen molar-refractivity contribution in [2.24, 2.45) is 0 Å². The fourth-order valence-corrected chi connectivity index (χ4v) is 6.84. The number of hydrogen-bond acceptors (Lipinski definition) is 21. The molecule has 0 bridgehead atoms. The molecule has 0 unspecified atom stereocenters. The van der Waals surface area contributed by atoms with E-state index in [0.717, 1.165) is 19.9 Å². The van der Waals surface area contributed by atoms with Crippen LogP contribution in [0.2, 0.25) is 0 Å². The smallest absolute Gasteiger partial charge is 0.331 e. The van der Waals surface area contributed by atoms with Crippen LogP contribution in [0.3, 0.4) is 0 Å². The average Bonchev–Trinajstić information content (AvgIpc) is 3.21. The number of aliphatic hydroxyl groups excluding tert-OH is 5. The number of phenols is 3. The Morgan fingerprint density at radius 1 is 0.656 bits per heavy atom. The molecule has 3 aliphatic heterocycles. The third-order valence-electron chi connectivity index (χ3n) is 10.1. The number of carbonyl (C=O) groups is 3. The first-order valence-corrected chi connectivity index (χ1v) is 19.2. The van der Waals surface area contributed by atoms with Gasteiger partial charge in [0, 0.05) is 19.9 Å². The fourth-order valence-electron chi connectivity index (χ4n) is 6.84. The van der Waals surface area contributed by atoms with Gasteiger partial charge in [0.2, 0.25) is 0 Å². The van der Waals surface area contributed by atoms with Gasteiger partial charge in [-0.3, -0.25) is 9.59 Å². The van der Waals surface area contributed by atoms with Gasteiger partial charge in [-0.2, -0.15) is 0 Å². The summed E-state index contributed by atoms with van der Waals surface area (Å²) in [6.07, 6.45) is -21.1. The maximum atomic E-state index is 13.7. The molecule has 3 fully saturated rings. The maximum Gasteiger partial charge on any atom is 0.331 e. The minimum atomic E-state index is -1.77. The molecule has 61 heavy (non-hydrogen) atoms. The highest BCUT2D eigenvalue weighted by atomic mass is 16.8. The van der Waals surface area contributed by atoms with Crippen molar-refractivity contribution >= 4 is 24.0 Å². The molecule has 0 amide bonds. The van der Waals surface area contributed by atoms with Crippen LogP contribution >= 0.6 is 0 Å². The number of benzene rings is 2. The molecule has 0 radical (unpaired) electrons. The van der Waals surface area contributed by atoms with Crippen LogP contribution in [0.25, 0.3) is 6.08 Å². The van der Waals surface area contributed by atoms with E-state index in [1.165, 1.54) is 63.4 Å². The van der Waals surface area contributed by atoms with Gasteiger partial charge in [-0.1, -0.05) is 12.1 Å². The van der Waals surface area contributed by atoms with Crippen LogP contribution in [0.1, 0.15) is 38.8 Å². The summed E-state index contributed by atoms with van der Waals surface area (Å²) in [6, 6.07) is 8.32. The Morgan fingerprint density at radius 3 is 1.95 bits per heavy atom. The van der Waals surface area contributed by atoms with Crippen molar-refractivity contribution in [1.29, 1.82) is 0 Å². The van der Waals surface area contributed by atoms with E-state index in [4.69, 9.17) is 47.4 Å². The summed E-state index contributed by atoms with van der Waals surface area (Å²) < 4.78 is 58.1. The Labute approximate surface area is 349 Å². The van der Waals surface area contributed by atoms with Crippen molar-refractivity contribution < 1.29 is 103 Å². The molecule has 8 N–H and O–H groups in total. The van der Waals surface area contributed by atoms with Crippen molar-refractivity contribution in [3.05, 3.63) is 53.6 Å². The van der Waals surface area contributed by atoms with E-state index in [0.29, 0.717) is 11.1 Å². The third kappa shape index (κ3) is 11.8. The van der Waals surface area contributed by atoms with Gasteiger partial charge in [0.05, 0.1) is 32.5 Å². The zero-order chi connectivity index (χ0) is 44.7. The van der Waals surface area contributed by atoms with Crippen LogP contribution in [0.5, 0.6) is 23.0 Å². The highest BCUT2D eigenvalue weighted by molar-refractivity contribution is 5.87. The fraction of sp³-hybridized carbons (Fsp3) is 0.575. The standard InChI is InChI=1S/C40H52O21/c1-17-29(47)31(49)33(51)38(55-17)54-16-27-34(60-28(46)11-8-21-7-10-24(44)26(15-21)52-5)36(61-40-35(57-19(3)41)32(50)30(48)18(2)56-40)37(58-20(4)42)39(59-27)53-13-12-22-6-9-23(43)25(45)14-22/h6-11,14-15,17-18,27,29-40,43-45,47-51H,12-13,16H2,1-5H3/t17-,18-,27+,29-,30-,31+,32+,33+,34+,35+,36-,37+,38+,39+,40-/m0/s1. The lowest BCUT2D eigenvalue weighted by Crippen LogP contribution is -2.66. The summed E-state index contributed by atoms with van der Waals surface area (Å²) in [4.78, 5) is 38.7. The number of esters is 3. The molecule has 0 aromatic heterocycles. The van der Waals surface area contributed by atoms with Crippen LogP contribution < -0.4 is 4.74 Å². The minimum Gasteiger partial charge on any atom is -0.504 e. The molecule has 2 aromatic rings. The number of ether oxygens (including phenoxy) is 10. The topological polar surface area (TPSA) is 305 Å². The molecule has 3 heterocycles. The highest BCUT2D eigenvalue weighted by Crippen LogP contribution is 2.35. The van der Waals surface area contributed by atoms with Gasteiger partial charge >= 0.3 is 17.9 Å². The zero-order valence-corrected chi connectivity index (χ0v) is 33.8. The second-order valence-corrected chi connectivity index (χ2v) is 14.6. The zero-order valence-electron chi connectivity index (χ0n) is 33.8. The molecule has 0 aliphatic carbocycles. The van der Waals surface area contributed by atoms with Gasteiger partial charge in [-0.15, -0.1) is 0 Å². The molecule has 5 rings (SSSR count). The van der Waals surface area contributed by atoms with Gasteiger partial charge in [0.15, 0.2) is 60.2 Å². The summed E-state index contributed by atoms with van der Waals surface area (Å²) in [5.74, 6) is -3.65. The SMILES string of the molecule is COc1cc(C=CC(=O)O[C@H]2[C@H](O[C@@H]3O[C@@H](C)[C@H](O)[C@@H](O)[C@H]3OC(C)=O)[C@@H](OC(C)=O)[C@H](OCCc3ccc(O)c(O)c3)O[C@@H]2CO[C@@H]2O[C@@H](C)[C@H](O)[C@@H](O)[C@H]2O)ccc1O. The molecule has 21 nitrogen and oxygen atoms in total. The molecule has 0 saturated carbocycles. The van der Waals surface area contributed by atoms with Gasteiger partial charge in [-0.25, -0.2) is 4.79 Å². The maximum absolute atomic E-state index is 13.7. The van der Waals surface area contributed by atoms with E-state index < -0.39 is 122 Å². The van der Waals surface area contributed by atoms with Crippen molar-refractivity contribution in [1.82, 2.24) is 0 Å². The molecule has 15 atom stereocenters. The minimum absolute atomic E-state index is 0.0977. The normalized spacial score (nSPS) is 34.1. The Balaban J connectivity index is 1.54. The van der Waals surface area contributed by atoms with E-state index in [2.05, 4.69) is 0 Å². The lowest BCUT2D eigenvalue weighted by molar-refractivity contribution is -0.364. The number of methoxy groups -OCH3 is 1. The summed E-state index contributed by atoms with van der Waals surface area (Å²) in [5, 5.41) is 82.9. The summed E-state index contributed by atoms with van der Waals surface area (Å²) in [5.41, 5.74) is 0.902. The predicted octanol–water partition coefficient (Wildman–Crippen LogP) is -0.719. The molecule has 3 aliphatic rings. The van der Waals surface area contributed by atoms with Gasteiger partial charge in [0.1, 0.15) is 42.7 Å². The van der Waals surface area contributed by atoms with E-state index >= 15 is 0 Å². The average molecular weight is 869 g/mol. The molecule has 0 spiro atoms. The van der Waals surface area contributed by atoms with Crippen molar-refractivity contribution in [3.8, 4) is 23.0 Å². The van der Waals surface area contributed by atoms with E-state index in [-0.39, 0.29) is 30.3 Å². The number of aromatic hydroxyl groups is 3. The summed E-state index contributed by atoms with van der Waals surface area (Å²) in [7, 11) is 1.33. The van der Waals surface area contributed by atoms with Crippen molar-refractivity contribution in [2.45, 2.75) is 126 Å². The second kappa shape index (κ2) is 20.9. The van der Waals surface area contributed by atoms with Crippen LogP contribution in [0.4, 0.5) is 0 Å². The quantitative estimate of drug-likeness (QED) is 0.0474. The number of phenolic OH excluding ortho intramolecular Hbond substituents is 3. The first-order chi connectivity index (χ1) is 28.9. The molecular formula is C40H52O21. The Hall–Kier alpha value is -4.65. The van der Waals surface area contributed by atoms with Gasteiger partial charge in [0.25, 0.3) is 0 Å². The summed E-state index contributed by atoms with van der Waals surface area (Å²) in [6.45, 7) is 4.09. The van der Waals surface area contributed by atoms with E-state index in [1.807, 2.05) is 0 Å². The van der Waals surface area contributed by atoms with Gasteiger partial charge in [-0.05, 0) is 61.7 Å². The van der Waals surface area contributed by atoms with Crippen molar-refractivity contribution in [2.75, 3.05) is 20.3 Å². The molecular weight excluding hydrogens is 816 g/mol. The van der Waals surface area contributed by atoms with Crippen LogP contribution in [-0.4, -0.2) is 171 Å². The largest absolute Gasteiger partial charge is 0.504 e. The first-order valence-electron chi connectivity index (χ1n) is 19.2. The van der Waals surface area contributed by atoms with Crippen LogP contribution in [0, 0.1) is 0 Å². The van der Waals surface area contributed by atoms with Crippen LogP contribution in [0.15, 0.2) is 42.5 Å². The number of rotatable bonds is 15. The molecule has 2 aromatic carbocycles. The summed E-state index contributed by atoms with van der Waals surface area (Å²) >= 11 is 0. The number of carbonyl (C=O) groups excluding carboxylic acids is 3. The number of hydrogen-bond donors (Lipinski definition) is 8. The van der Waals surface area contributed by atoms with Crippen molar-refractivity contribution in [3.63, 3.8) is 0 Å². The van der Waals surface area contributed by atoms with E-state index in [1.54, 1.807) is 0 Å². The second-order valence-electron chi connectivity index (χ2n) is 14.6. The van der Waals surface area contributed by atoms with Gasteiger partial charge < -0.3 is 88.2 Å². The van der Waals surface area contributed by atoms with Crippen LogP contribution in [-0.2, 0) is 63.4 Å². The lowest BCUT2D eigenvalue weighted by Gasteiger charge is -2.48. The first kappa shape index (κ1) is 47.4.